The summed E-state index contributed by atoms with van der Waals surface area (Å²) in [6.45, 7) is 7.12. The molecule has 1 N–H and O–H groups in total. The van der Waals surface area contributed by atoms with E-state index in [0.717, 1.165) is 36.2 Å². The van der Waals surface area contributed by atoms with Gasteiger partial charge in [0, 0.05) is 17.9 Å². The summed E-state index contributed by atoms with van der Waals surface area (Å²) in [5, 5.41) is 3.56. The van der Waals surface area contributed by atoms with E-state index >= 15 is 0 Å². The molecule has 0 aliphatic carbocycles. The first-order chi connectivity index (χ1) is 10.1. The third kappa shape index (κ3) is 4.36. The van der Waals surface area contributed by atoms with E-state index in [0.29, 0.717) is 0 Å². The van der Waals surface area contributed by atoms with Gasteiger partial charge in [-0.25, -0.2) is 4.39 Å². The molecule has 1 aromatic carbocycles. The van der Waals surface area contributed by atoms with Crippen molar-refractivity contribution in [2.24, 2.45) is 0 Å². The Labute approximate surface area is 126 Å². The molecule has 2 nitrogen and oxygen atoms in total. The SMILES string of the molecule is CCCNC(Cc1cc(F)ccc1C)c1ccnc(C)c1. The average Bonchev–Trinajstić information content (AvgIpc) is 2.47. The number of rotatable bonds is 6. The van der Waals surface area contributed by atoms with E-state index < -0.39 is 0 Å². The van der Waals surface area contributed by atoms with Crippen molar-refractivity contribution >= 4 is 0 Å². The zero-order valence-corrected chi connectivity index (χ0v) is 13.0. The second-order valence-corrected chi connectivity index (χ2v) is 5.51. The molecule has 0 aliphatic heterocycles. The quantitative estimate of drug-likeness (QED) is 0.864. The number of aryl methyl sites for hydroxylation is 2. The Kier molecular flexibility index (Phi) is 5.45. The minimum atomic E-state index is -0.171. The Hall–Kier alpha value is -1.74. The van der Waals surface area contributed by atoms with Crippen molar-refractivity contribution in [2.75, 3.05) is 6.54 Å². The number of benzene rings is 1. The molecule has 2 aromatic rings. The molecule has 2 rings (SSSR count). The fourth-order valence-corrected chi connectivity index (χ4v) is 2.49. The largest absolute Gasteiger partial charge is 0.310 e. The van der Waals surface area contributed by atoms with Crippen LogP contribution in [0.1, 0.15) is 41.8 Å². The minimum absolute atomic E-state index is 0.171. The Balaban J connectivity index is 2.25. The first-order valence-corrected chi connectivity index (χ1v) is 7.51. The van der Waals surface area contributed by atoms with Crippen LogP contribution >= 0.6 is 0 Å². The maximum Gasteiger partial charge on any atom is 0.123 e. The lowest BCUT2D eigenvalue weighted by Gasteiger charge is -2.20. The number of hydrogen-bond donors (Lipinski definition) is 1. The van der Waals surface area contributed by atoms with Crippen LogP contribution < -0.4 is 5.32 Å². The molecule has 0 bridgehead atoms. The zero-order valence-electron chi connectivity index (χ0n) is 13.0. The van der Waals surface area contributed by atoms with Gasteiger partial charge >= 0.3 is 0 Å². The van der Waals surface area contributed by atoms with Gasteiger partial charge in [-0.05, 0) is 74.2 Å². The van der Waals surface area contributed by atoms with Crippen molar-refractivity contribution < 1.29 is 4.39 Å². The number of nitrogens with zero attached hydrogens (tertiary/aromatic N) is 1. The van der Waals surface area contributed by atoms with Crippen LogP contribution in [0.4, 0.5) is 4.39 Å². The van der Waals surface area contributed by atoms with Crippen LogP contribution in [0.25, 0.3) is 0 Å². The predicted octanol–water partition coefficient (Wildman–Crippen LogP) is 4.12. The lowest BCUT2D eigenvalue weighted by molar-refractivity contribution is 0.525. The van der Waals surface area contributed by atoms with Crippen LogP contribution in [0.3, 0.4) is 0 Å². The number of pyridine rings is 1. The van der Waals surface area contributed by atoms with E-state index in [-0.39, 0.29) is 11.9 Å². The summed E-state index contributed by atoms with van der Waals surface area (Å²) >= 11 is 0. The molecule has 1 aromatic heterocycles. The highest BCUT2D eigenvalue weighted by atomic mass is 19.1. The number of hydrogen-bond acceptors (Lipinski definition) is 2. The topological polar surface area (TPSA) is 24.9 Å². The van der Waals surface area contributed by atoms with Crippen LogP contribution in [-0.4, -0.2) is 11.5 Å². The van der Waals surface area contributed by atoms with Gasteiger partial charge in [0.2, 0.25) is 0 Å². The molecule has 1 atom stereocenters. The summed E-state index contributed by atoms with van der Waals surface area (Å²) in [4.78, 5) is 4.25. The molecule has 1 unspecified atom stereocenters. The molecule has 21 heavy (non-hydrogen) atoms. The molecule has 0 fully saturated rings. The first-order valence-electron chi connectivity index (χ1n) is 7.51. The summed E-state index contributed by atoms with van der Waals surface area (Å²) in [5.41, 5.74) is 4.40. The second-order valence-electron chi connectivity index (χ2n) is 5.51. The molecule has 0 saturated heterocycles. The Morgan fingerprint density at radius 2 is 2.00 bits per heavy atom. The van der Waals surface area contributed by atoms with Gasteiger partial charge < -0.3 is 5.32 Å². The average molecular weight is 286 g/mol. The van der Waals surface area contributed by atoms with Crippen molar-refractivity contribution in [3.63, 3.8) is 0 Å². The highest BCUT2D eigenvalue weighted by Crippen LogP contribution is 2.21. The number of aromatic nitrogens is 1. The van der Waals surface area contributed by atoms with E-state index in [1.165, 1.54) is 11.6 Å². The number of halogens is 1. The summed E-state index contributed by atoms with van der Waals surface area (Å²) in [6.07, 6.45) is 3.69. The van der Waals surface area contributed by atoms with Crippen LogP contribution in [0, 0.1) is 19.7 Å². The smallest absolute Gasteiger partial charge is 0.123 e. The van der Waals surface area contributed by atoms with Crippen LogP contribution in [0.2, 0.25) is 0 Å². The van der Waals surface area contributed by atoms with Gasteiger partial charge in [0.15, 0.2) is 0 Å². The summed E-state index contributed by atoms with van der Waals surface area (Å²) in [5.74, 6) is -0.171. The fourth-order valence-electron chi connectivity index (χ4n) is 2.49. The molecule has 0 spiro atoms. The molecule has 112 valence electrons. The molecular formula is C18H23FN2. The summed E-state index contributed by atoms with van der Waals surface area (Å²) < 4.78 is 13.5. The van der Waals surface area contributed by atoms with E-state index in [2.05, 4.69) is 23.3 Å². The molecule has 0 amide bonds. The molecule has 0 saturated carbocycles. The van der Waals surface area contributed by atoms with E-state index in [1.807, 2.05) is 32.2 Å². The maximum absolute atomic E-state index is 13.5. The molecular weight excluding hydrogens is 263 g/mol. The van der Waals surface area contributed by atoms with E-state index in [4.69, 9.17) is 0 Å². The predicted molar refractivity (Wildman–Crippen MR) is 84.8 cm³/mol. The first kappa shape index (κ1) is 15.6. The minimum Gasteiger partial charge on any atom is -0.310 e. The highest BCUT2D eigenvalue weighted by molar-refractivity contribution is 5.30. The standard InChI is InChI=1S/C18H23FN2/c1-4-8-21-18(15-7-9-20-14(3)10-15)12-16-11-17(19)6-5-13(16)2/h5-7,9-11,18,21H,4,8,12H2,1-3H3. The zero-order chi connectivity index (χ0) is 15.2. The highest BCUT2D eigenvalue weighted by Gasteiger charge is 2.13. The fraction of sp³-hybridized carbons (Fsp3) is 0.389. The van der Waals surface area contributed by atoms with Crippen LogP contribution in [0.5, 0.6) is 0 Å². The molecule has 3 heteroatoms. The molecule has 0 aliphatic rings. The van der Waals surface area contributed by atoms with Crippen LogP contribution in [0.15, 0.2) is 36.5 Å². The molecule has 0 radical (unpaired) electrons. The van der Waals surface area contributed by atoms with Gasteiger partial charge in [-0.3, -0.25) is 4.98 Å². The van der Waals surface area contributed by atoms with Crippen molar-refractivity contribution in [2.45, 2.75) is 39.7 Å². The monoisotopic (exact) mass is 286 g/mol. The van der Waals surface area contributed by atoms with Gasteiger partial charge in [-0.1, -0.05) is 13.0 Å². The third-order valence-corrected chi connectivity index (χ3v) is 3.70. The van der Waals surface area contributed by atoms with Gasteiger partial charge in [0.05, 0.1) is 0 Å². The second kappa shape index (κ2) is 7.32. The van der Waals surface area contributed by atoms with Crippen molar-refractivity contribution in [3.05, 3.63) is 64.7 Å². The Morgan fingerprint density at radius 1 is 1.19 bits per heavy atom. The normalized spacial score (nSPS) is 12.4. The van der Waals surface area contributed by atoms with Crippen molar-refractivity contribution in [3.8, 4) is 0 Å². The number of nitrogens with one attached hydrogen (secondary N) is 1. The van der Waals surface area contributed by atoms with Crippen LogP contribution in [-0.2, 0) is 6.42 Å². The summed E-state index contributed by atoms with van der Waals surface area (Å²) in [6, 6.07) is 9.33. The lowest BCUT2D eigenvalue weighted by Crippen LogP contribution is -2.24. The molecule has 1 heterocycles. The van der Waals surface area contributed by atoms with E-state index in [9.17, 15) is 4.39 Å². The van der Waals surface area contributed by atoms with Gasteiger partial charge in [-0.2, -0.15) is 0 Å². The van der Waals surface area contributed by atoms with Crippen molar-refractivity contribution in [1.82, 2.24) is 10.3 Å². The van der Waals surface area contributed by atoms with Crippen molar-refractivity contribution in [1.29, 1.82) is 0 Å². The van der Waals surface area contributed by atoms with Gasteiger partial charge in [-0.15, -0.1) is 0 Å². The Bertz CT molecular complexity index is 596. The summed E-state index contributed by atoms with van der Waals surface area (Å²) in [7, 11) is 0. The van der Waals surface area contributed by atoms with E-state index in [1.54, 1.807) is 6.07 Å². The van der Waals surface area contributed by atoms with Gasteiger partial charge in [0.25, 0.3) is 0 Å². The lowest BCUT2D eigenvalue weighted by atomic mass is 9.96. The third-order valence-electron chi connectivity index (χ3n) is 3.70. The Morgan fingerprint density at radius 3 is 2.71 bits per heavy atom. The van der Waals surface area contributed by atoms with Gasteiger partial charge in [0.1, 0.15) is 5.82 Å². The maximum atomic E-state index is 13.5.